The van der Waals surface area contributed by atoms with E-state index >= 15 is 0 Å². The van der Waals surface area contributed by atoms with Crippen molar-refractivity contribution in [1.82, 2.24) is 4.98 Å². The van der Waals surface area contributed by atoms with Gasteiger partial charge in [-0.3, -0.25) is 4.98 Å². The smallest absolute Gasteiger partial charge is 0.175 e. The molecule has 0 saturated carbocycles. The van der Waals surface area contributed by atoms with Gasteiger partial charge in [-0.2, -0.15) is 0 Å². The molecule has 0 bridgehead atoms. The van der Waals surface area contributed by atoms with Crippen molar-refractivity contribution in [2.45, 2.75) is 39.5 Å². The van der Waals surface area contributed by atoms with Crippen LogP contribution in [0.5, 0.6) is 11.5 Å². The molecule has 1 aromatic heterocycles. The van der Waals surface area contributed by atoms with Crippen molar-refractivity contribution in [2.24, 2.45) is 0 Å². The lowest BCUT2D eigenvalue weighted by molar-refractivity contribution is -0.731. The second-order valence-electron chi connectivity index (χ2n) is 6.53. The van der Waals surface area contributed by atoms with E-state index in [1.165, 1.54) is 5.56 Å². The van der Waals surface area contributed by atoms with Crippen LogP contribution in [-0.2, 0) is 13.2 Å². The molecule has 0 aliphatic rings. The molecule has 0 amide bonds. The van der Waals surface area contributed by atoms with Gasteiger partial charge < -0.3 is 14.8 Å². The van der Waals surface area contributed by atoms with Crippen LogP contribution in [-0.4, -0.2) is 17.6 Å². The molecular formula is C18H24BrN2O2+. The van der Waals surface area contributed by atoms with Crippen LogP contribution >= 0.6 is 15.9 Å². The van der Waals surface area contributed by atoms with Crippen molar-refractivity contribution in [3.63, 3.8) is 0 Å². The minimum absolute atomic E-state index is 0.190. The number of quaternary nitrogens is 1. The van der Waals surface area contributed by atoms with Crippen molar-refractivity contribution >= 4 is 15.9 Å². The lowest BCUT2D eigenvalue weighted by atomic mass is 10.1. The minimum atomic E-state index is 0.190. The average molecular weight is 380 g/mol. The van der Waals surface area contributed by atoms with E-state index in [-0.39, 0.29) is 5.54 Å². The van der Waals surface area contributed by atoms with E-state index < -0.39 is 0 Å². The number of benzene rings is 1. The molecule has 5 heteroatoms. The highest BCUT2D eigenvalue weighted by molar-refractivity contribution is 9.10. The number of nitrogens with zero attached hydrogens (tertiary/aromatic N) is 1. The largest absolute Gasteiger partial charge is 0.493 e. The Morgan fingerprint density at radius 1 is 1.22 bits per heavy atom. The van der Waals surface area contributed by atoms with Gasteiger partial charge in [-0.05, 0) is 54.9 Å². The SMILES string of the molecule is COc1cc(C[NH2+]C(C)(C)C)cc(Br)c1OCc1cccnc1. The highest BCUT2D eigenvalue weighted by atomic mass is 79.9. The molecule has 0 spiro atoms. The molecule has 0 atom stereocenters. The molecular weight excluding hydrogens is 356 g/mol. The lowest BCUT2D eigenvalue weighted by Crippen LogP contribution is -2.92. The molecule has 2 N–H and O–H groups in total. The first-order valence-electron chi connectivity index (χ1n) is 7.61. The first-order chi connectivity index (χ1) is 10.9. The van der Waals surface area contributed by atoms with E-state index in [0.29, 0.717) is 6.61 Å². The van der Waals surface area contributed by atoms with Crippen molar-refractivity contribution in [3.8, 4) is 11.5 Å². The Morgan fingerprint density at radius 3 is 2.61 bits per heavy atom. The van der Waals surface area contributed by atoms with Gasteiger partial charge in [-0.15, -0.1) is 0 Å². The van der Waals surface area contributed by atoms with Gasteiger partial charge in [0.1, 0.15) is 13.2 Å². The molecule has 0 aliphatic heterocycles. The summed E-state index contributed by atoms with van der Waals surface area (Å²) in [4.78, 5) is 4.10. The first-order valence-corrected chi connectivity index (χ1v) is 8.41. The maximum Gasteiger partial charge on any atom is 0.175 e. The number of nitrogens with two attached hydrogens (primary N) is 1. The van der Waals surface area contributed by atoms with Gasteiger partial charge in [-0.1, -0.05) is 6.07 Å². The fourth-order valence-corrected chi connectivity index (χ4v) is 2.70. The molecule has 4 nitrogen and oxygen atoms in total. The van der Waals surface area contributed by atoms with Crippen molar-refractivity contribution < 1.29 is 14.8 Å². The van der Waals surface area contributed by atoms with Crippen LogP contribution in [0.25, 0.3) is 0 Å². The predicted molar refractivity (Wildman–Crippen MR) is 94.6 cm³/mol. The molecule has 2 aromatic rings. The normalized spacial score (nSPS) is 11.3. The third-order valence-corrected chi connectivity index (χ3v) is 3.93. The Morgan fingerprint density at radius 2 is 2.00 bits per heavy atom. The molecule has 2 rings (SSSR count). The molecule has 124 valence electrons. The zero-order chi connectivity index (χ0) is 16.9. The Bertz CT molecular complexity index is 639. The third kappa shape index (κ3) is 5.52. The molecule has 0 fully saturated rings. The number of hydrogen-bond acceptors (Lipinski definition) is 3. The summed E-state index contributed by atoms with van der Waals surface area (Å²) in [6, 6.07) is 8.01. The zero-order valence-electron chi connectivity index (χ0n) is 14.1. The van der Waals surface area contributed by atoms with Gasteiger partial charge in [0.25, 0.3) is 0 Å². The molecule has 0 saturated heterocycles. The summed E-state index contributed by atoms with van der Waals surface area (Å²) < 4.78 is 12.3. The van der Waals surface area contributed by atoms with Gasteiger partial charge >= 0.3 is 0 Å². The summed E-state index contributed by atoms with van der Waals surface area (Å²) in [5.74, 6) is 1.46. The number of hydrogen-bond donors (Lipinski definition) is 1. The fourth-order valence-electron chi connectivity index (χ4n) is 2.09. The summed E-state index contributed by atoms with van der Waals surface area (Å²) in [6.45, 7) is 7.94. The number of aromatic nitrogens is 1. The fraction of sp³-hybridized carbons (Fsp3) is 0.389. The number of rotatable bonds is 6. The minimum Gasteiger partial charge on any atom is -0.493 e. The standard InChI is InChI=1S/C18H23BrN2O2/c1-18(2,3)21-11-14-8-15(19)17(16(9-14)22-4)23-12-13-6-5-7-20-10-13/h5-10,21H,11-12H2,1-4H3/p+1. The van der Waals surface area contributed by atoms with Gasteiger partial charge in [0, 0.05) is 23.5 Å². The molecule has 23 heavy (non-hydrogen) atoms. The van der Waals surface area contributed by atoms with Crippen molar-refractivity contribution in [1.29, 1.82) is 0 Å². The van der Waals surface area contributed by atoms with Gasteiger partial charge in [0.15, 0.2) is 11.5 Å². The van der Waals surface area contributed by atoms with Crippen LogP contribution in [0.4, 0.5) is 0 Å². The van der Waals surface area contributed by atoms with Crippen LogP contribution in [0.15, 0.2) is 41.1 Å². The summed E-state index contributed by atoms with van der Waals surface area (Å²) in [7, 11) is 1.66. The molecule has 1 aromatic carbocycles. The monoisotopic (exact) mass is 379 g/mol. The Kier molecular flexibility index (Phi) is 6.02. The second-order valence-corrected chi connectivity index (χ2v) is 7.39. The van der Waals surface area contributed by atoms with E-state index in [1.807, 2.05) is 18.2 Å². The number of ether oxygens (including phenoxy) is 2. The predicted octanol–water partition coefficient (Wildman–Crippen LogP) is 3.29. The average Bonchev–Trinajstić information content (AvgIpc) is 2.51. The maximum atomic E-state index is 5.92. The topological polar surface area (TPSA) is 48.0 Å². The van der Waals surface area contributed by atoms with E-state index in [1.54, 1.807) is 19.5 Å². The molecule has 0 radical (unpaired) electrons. The van der Waals surface area contributed by atoms with Crippen LogP contribution in [0.3, 0.4) is 0 Å². The Hall–Kier alpha value is -1.59. The zero-order valence-corrected chi connectivity index (χ0v) is 15.7. The van der Waals surface area contributed by atoms with Crippen molar-refractivity contribution in [3.05, 3.63) is 52.3 Å². The summed E-state index contributed by atoms with van der Waals surface area (Å²) in [5.41, 5.74) is 2.40. The van der Waals surface area contributed by atoms with Crippen LogP contribution < -0.4 is 14.8 Å². The van der Waals surface area contributed by atoms with E-state index in [4.69, 9.17) is 9.47 Å². The van der Waals surface area contributed by atoms with Gasteiger partial charge in [0.2, 0.25) is 0 Å². The molecule has 0 aliphatic carbocycles. The van der Waals surface area contributed by atoms with E-state index in [2.05, 4.69) is 53.1 Å². The Balaban J connectivity index is 2.13. The Labute approximate surface area is 146 Å². The lowest BCUT2D eigenvalue weighted by Gasteiger charge is -2.18. The highest BCUT2D eigenvalue weighted by Crippen LogP contribution is 2.37. The van der Waals surface area contributed by atoms with Crippen molar-refractivity contribution in [2.75, 3.05) is 7.11 Å². The molecule has 1 heterocycles. The van der Waals surface area contributed by atoms with E-state index in [9.17, 15) is 0 Å². The highest BCUT2D eigenvalue weighted by Gasteiger charge is 2.16. The molecule has 0 unspecified atom stereocenters. The quantitative estimate of drug-likeness (QED) is 0.837. The summed E-state index contributed by atoms with van der Waals surface area (Å²) in [5, 5.41) is 2.30. The third-order valence-electron chi connectivity index (χ3n) is 3.35. The summed E-state index contributed by atoms with van der Waals surface area (Å²) in [6.07, 6.45) is 3.55. The summed E-state index contributed by atoms with van der Waals surface area (Å²) >= 11 is 3.60. The first kappa shape index (κ1) is 17.8. The second kappa shape index (κ2) is 7.79. The number of methoxy groups -OCH3 is 1. The van der Waals surface area contributed by atoms with Gasteiger partial charge in [-0.25, -0.2) is 0 Å². The van der Waals surface area contributed by atoms with Crippen LogP contribution in [0, 0.1) is 0 Å². The van der Waals surface area contributed by atoms with E-state index in [0.717, 1.165) is 28.1 Å². The maximum absolute atomic E-state index is 5.92. The van der Waals surface area contributed by atoms with Gasteiger partial charge in [0.05, 0.1) is 17.1 Å². The number of halogens is 1. The number of pyridine rings is 1. The van der Waals surface area contributed by atoms with Crippen LogP contribution in [0.2, 0.25) is 0 Å². The van der Waals surface area contributed by atoms with Crippen LogP contribution in [0.1, 0.15) is 31.9 Å².